The standard InChI is InChI=1S/C14H20N6O2S2/c1-6-9-17-18-14(20(9)5)23-7-10(21)16-13-15-8(2)11(24-13)12(22)19(3)4/h6-7H2,1-5H3,(H,15,16,21). The molecule has 2 heterocycles. The topological polar surface area (TPSA) is 93.0 Å². The number of anilines is 1. The number of hydrogen-bond acceptors (Lipinski definition) is 7. The molecule has 24 heavy (non-hydrogen) atoms. The fourth-order valence-corrected chi connectivity index (χ4v) is 3.65. The van der Waals surface area contributed by atoms with Crippen LogP contribution in [0.4, 0.5) is 5.13 Å². The van der Waals surface area contributed by atoms with Crippen LogP contribution in [0.5, 0.6) is 0 Å². The van der Waals surface area contributed by atoms with E-state index >= 15 is 0 Å². The van der Waals surface area contributed by atoms with Gasteiger partial charge in [0, 0.05) is 27.6 Å². The number of amides is 2. The summed E-state index contributed by atoms with van der Waals surface area (Å²) in [6.07, 6.45) is 0.789. The monoisotopic (exact) mass is 368 g/mol. The van der Waals surface area contributed by atoms with Gasteiger partial charge in [-0.15, -0.1) is 10.2 Å². The summed E-state index contributed by atoms with van der Waals surface area (Å²) in [6, 6.07) is 0. The van der Waals surface area contributed by atoms with Crippen molar-refractivity contribution in [2.45, 2.75) is 25.4 Å². The molecular weight excluding hydrogens is 348 g/mol. The number of nitrogens with one attached hydrogen (secondary N) is 1. The Morgan fingerprint density at radius 2 is 2.04 bits per heavy atom. The lowest BCUT2D eigenvalue weighted by Crippen LogP contribution is -2.21. The van der Waals surface area contributed by atoms with Gasteiger partial charge in [0.05, 0.1) is 11.4 Å². The molecule has 2 amide bonds. The van der Waals surface area contributed by atoms with Crippen molar-refractivity contribution in [2.24, 2.45) is 7.05 Å². The van der Waals surface area contributed by atoms with E-state index in [1.54, 1.807) is 21.0 Å². The van der Waals surface area contributed by atoms with Gasteiger partial charge in [0.25, 0.3) is 5.91 Å². The number of carbonyl (C=O) groups is 2. The normalized spacial score (nSPS) is 10.7. The second kappa shape index (κ2) is 7.75. The Bertz CT molecular complexity index is 753. The van der Waals surface area contributed by atoms with Gasteiger partial charge in [0.1, 0.15) is 10.7 Å². The quantitative estimate of drug-likeness (QED) is 0.778. The van der Waals surface area contributed by atoms with E-state index in [1.165, 1.54) is 28.0 Å². The molecule has 0 atom stereocenters. The molecule has 0 aromatic carbocycles. The van der Waals surface area contributed by atoms with E-state index in [-0.39, 0.29) is 17.6 Å². The lowest BCUT2D eigenvalue weighted by Gasteiger charge is -2.07. The molecule has 2 aromatic heterocycles. The Morgan fingerprint density at radius 3 is 2.62 bits per heavy atom. The number of aryl methyl sites for hydroxylation is 2. The molecule has 0 fully saturated rings. The van der Waals surface area contributed by atoms with Gasteiger partial charge in [-0.05, 0) is 6.92 Å². The van der Waals surface area contributed by atoms with Gasteiger partial charge in [-0.1, -0.05) is 30.0 Å². The smallest absolute Gasteiger partial charge is 0.265 e. The fraction of sp³-hybridized carbons (Fsp3) is 0.500. The Labute approximate surface area is 148 Å². The van der Waals surface area contributed by atoms with Gasteiger partial charge in [-0.25, -0.2) is 4.98 Å². The molecule has 0 spiro atoms. The third-order valence-corrected chi connectivity index (χ3v) is 5.30. The molecule has 0 aliphatic carbocycles. The van der Waals surface area contributed by atoms with E-state index in [0.29, 0.717) is 20.9 Å². The predicted octanol–water partition coefficient (Wildman–Crippen LogP) is 1.58. The minimum absolute atomic E-state index is 0.119. The molecule has 8 nitrogen and oxygen atoms in total. The Hall–Kier alpha value is -1.94. The van der Waals surface area contributed by atoms with Gasteiger partial charge in [-0.3, -0.25) is 9.59 Å². The number of aromatic nitrogens is 4. The van der Waals surface area contributed by atoms with Crippen LogP contribution in [0.25, 0.3) is 0 Å². The minimum atomic E-state index is -0.196. The van der Waals surface area contributed by atoms with Crippen molar-refractivity contribution in [3.8, 4) is 0 Å². The van der Waals surface area contributed by atoms with E-state index in [2.05, 4.69) is 20.5 Å². The second-order valence-corrected chi connectivity index (χ2v) is 7.22. The van der Waals surface area contributed by atoms with Crippen LogP contribution in [-0.4, -0.2) is 56.3 Å². The van der Waals surface area contributed by atoms with E-state index < -0.39 is 0 Å². The van der Waals surface area contributed by atoms with Gasteiger partial charge in [0.15, 0.2) is 10.3 Å². The maximum atomic E-state index is 12.1. The van der Waals surface area contributed by atoms with Gasteiger partial charge in [-0.2, -0.15) is 0 Å². The van der Waals surface area contributed by atoms with Crippen molar-refractivity contribution in [2.75, 3.05) is 25.2 Å². The number of nitrogens with zero attached hydrogens (tertiary/aromatic N) is 5. The summed E-state index contributed by atoms with van der Waals surface area (Å²) < 4.78 is 1.87. The Morgan fingerprint density at radius 1 is 1.33 bits per heavy atom. The average molecular weight is 368 g/mol. The van der Waals surface area contributed by atoms with Crippen molar-refractivity contribution in [1.29, 1.82) is 0 Å². The third-order valence-electron chi connectivity index (χ3n) is 3.22. The molecule has 0 bridgehead atoms. The molecule has 0 saturated heterocycles. The SMILES string of the molecule is CCc1nnc(SCC(=O)Nc2nc(C)c(C(=O)N(C)C)s2)n1C. The van der Waals surface area contributed by atoms with Crippen LogP contribution < -0.4 is 5.32 Å². The lowest BCUT2D eigenvalue weighted by atomic mass is 10.3. The van der Waals surface area contributed by atoms with Crippen LogP contribution >= 0.6 is 23.1 Å². The molecule has 130 valence electrons. The van der Waals surface area contributed by atoms with Crippen LogP contribution in [0, 0.1) is 6.92 Å². The molecule has 0 unspecified atom stereocenters. The first-order valence-electron chi connectivity index (χ1n) is 7.33. The van der Waals surface area contributed by atoms with E-state index in [4.69, 9.17) is 0 Å². The molecule has 0 aliphatic heterocycles. The highest BCUT2D eigenvalue weighted by Gasteiger charge is 2.18. The van der Waals surface area contributed by atoms with Crippen molar-refractivity contribution >= 4 is 40.0 Å². The highest BCUT2D eigenvalue weighted by molar-refractivity contribution is 7.99. The van der Waals surface area contributed by atoms with Crippen LogP contribution in [0.3, 0.4) is 0 Å². The van der Waals surface area contributed by atoms with Gasteiger partial charge >= 0.3 is 0 Å². The largest absolute Gasteiger partial charge is 0.344 e. The average Bonchev–Trinajstić information content (AvgIpc) is 3.07. The number of thioether (sulfide) groups is 1. The first-order valence-corrected chi connectivity index (χ1v) is 9.13. The zero-order valence-corrected chi connectivity index (χ0v) is 15.9. The first-order chi connectivity index (χ1) is 11.3. The highest BCUT2D eigenvalue weighted by atomic mass is 32.2. The van der Waals surface area contributed by atoms with Crippen LogP contribution in [0.1, 0.15) is 28.1 Å². The molecule has 0 aliphatic rings. The van der Waals surface area contributed by atoms with Crippen molar-refractivity contribution in [3.63, 3.8) is 0 Å². The molecule has 1 N–H and O–H groups in total. The molecule has 2 rings (SSSR count). The zero-order chi connectivity index (χ0) is 17.9. The first kappa shape index (κ1) is 18.4. The van der Waals surface area contributed by atoms with E-state index in [1.807, 2.05) is 18.5 Å². The molecule has 10 heteroatoms. The fourth-order valence-electron chi connectivity index (χ4n) is 1.92. The van der Waals surface area contributed by atoms with Crippen LogP contribution in [0.15, 0.2) is 5.16 Å². The highest BCUT2D eigenvalue weighted by Crippen LogP contribution is 2.24. The number of thiazole rings is 1. The molecule has 2 aromatic rings. The summed E-state index contributed by atoms with van der Waals surface area (Å²) in [5.41, 5.74) is 0.613. The maximum Gasteiger partial charge on any atom is 0.265 e. The summed E-state index contributed by atoms with van der Waals surface area (Å²) in [6.45, 7) is 3.76. The van der Waals surface area contributed by atoms with Crippen molar-refractivity contribution in [1.82, 2.24) is 24.6 Å². The number of hydrogen-bond donors (Lipinski definition) is 1. The zero-order valence-electron chi connectivity index (χ0n) is 14.3. The third kappa shape index (κ3) is 4.12. The second-order valence-electron chi connectivity index (χ2n) is 5.28. The predicted molar refractivity (Wildman–Crippen MR) is 94.6 cm³/mol. The Balaban J connectivity index is 1.96. The number of carbonyl (C=O) groups excluding carboxylic acids is 2. The number of rotatable bonds is 6. The van der Waals surface area contributed by atoms with E-state index in [0.717, 1.165) is 12.2 Å². The summed E-state index contributed by atoms with van der Waals surface area (Å²) in [7, 11) is 5.24. The Kier molecular flexibility index (Phi) is 5.94. The van der Waals surface area contributed by atoms with Crippen LogP contribution in [-0.2, 0) is 18.3 Å². The maximum absolute atomic E-state index is 12.1. The van der Waals surface area contributed by atoms with Crippen molar-refractivity contribution < 1.29 is 9.59 Å². The summed E-state index contributed by atoms with van der Waals surface area (Å²) in [4.78, 5) is 30.3. The van der Waals surface area contributed by atoms with Crippen LogP contribution in [0.2, 0.25) is 0 Å². The van der Waals surface area contributed by atoms with E-state index in [9.17, 15) is 9.59 Å². The summed E-state index contributed by atoms with van der Waals surface area (Å²) in [5, 5.41) is 12.0. The van der Waals surface area contributed by atoms with Gasteiger partial charge < -0.3 is 14.8 Å². The van der Waals surface area contributed by atoms with Crippen molar-refractivity contribution in [3.05, 3.63) is 16.4 Å². The molecular formula is C14H20N6O2S2. The minimum Gasteiger partial charge on any atom is -0.344 e. The summed E-state index contributed by atoms with van der Waals surface area (Å²) in [5.74, 6) is 0.760. The molecule has 0 radical (unpaired) electrons. The summed E-state index contributed by atoms with van der Waals surface area (Å²) >= 11 is 2.49. The molecule has 0 saturated carbocycles. The van der Waals surface area contributed by atoms with Gasteiger partial charge in [0.2, 0.25) is 5.91 Å². The lowest BCUT2D eigenvalue weighted by molar-refractivity contribution is -0.113.